The van der Waals surface area contributed by atoms with Crippen molar-refractivity contribution < 1.29 is 9.59 Å². The molecule has 2 unspecified atom stereocenters. The molecule has 1 aromatic carbocycles. The molecule has 2 atom stereocenters. The van der Waals surface area contributed by atoms with Crippen LogP contribution in [0.3, 0.4) is 0 Å². The van der Waals surface area contributed by atoms with Gasteiger partial charge in [-0.05, 0) is 43.2 Å². The molecule has 1 fully saturated rings. The first-order chi connectivity index (χ1) is 12.6. The molecule has 1 saturated heterocycles. The number of aromatic nitrogens is 2. The number of hydrogen-bond donors (Lipinski definition) is 1. The van der Waals surface area contributed by atoms with Crippen molar-refractivity contribution in [2.75, 3.05) is 18.0 Å². The maximum Gasteiger partial charge on any atom is 0.229 e. The molecule has 0 spiro atoms. The molecule has 0 aliphatic carbocycles. The van der Waals surface area contributed by atoms with E-state index in [1.54, 1.807) is 23.2 Å². The minimum atomic E-state index is -0.143. The van der Waals surface area contributed by atoms with Gasteiger partial charge in [0.05, 0.1) is 11.6 Å². The lowest BCUT2D eigenvalue weighted by Crippen LogP contribution is -2.36. The zero-order valence-electron chi connectivity index (χ0n) is 14.4. The molecule has 2 aliphatic heterocycles. The molecule has 2 aliphatic rings. The Labute approximate surface area is 157 Å². The second kappa shape index (κ2) is 7.11. The Morgan fingerprint density at radius 3 is 2.88 bits per heavy atom. The molecule has 26 heavy (non-hydrogen) atoms. The van der Waals surface area contributed by atoms with Crippen LogP contribution in [-0.4, -0.2) is 34.7 Å². The van der Waals surface area contributed by atoms with Crippen LogP contribution < -0.4 is 10.2 Å². The van der Waals surface area contributed by atoms with Gasteiger partial charge in [0.15, 0.2) is 0 Å². The van der Waals surface area contributed by atoms with E-state index in [2.05, 4.69) is 10.4 Å². The third kappa shape index (κ3) is 3.33. The van der Waals surface area contributed by atoms with Gasteiger partial charge in [0.2, 0.25) is 11.8 Å². The Balaban J connectivity index is 1.35. The monoisotopic (exact) mass is 372 g/mol. The zero-order valence-corrected chi connectivity index (χ0v) is 15.2. The second-order valence-corrected chi connectivity index (χ2v) is 7.41. The summed E-state index contributed by atoms with van der Waals surface area (Å²) in [5.74, 6) is 0.0949. The number of halogens is 1. The van der Waals surface area contributed by atoms with E-state index in [9.17, 15) is 9.59 Å². The highest BCUT2D eigenvalue weighted by Gasteiger charge is 2.32. The van der Waals surface area contributed by atoms with Gasteiger partial charge >= 0.3 is 0 Å². The predicted molar refractivity (Wildman–Crippen MR) is 99.1 cm³/mol. The van der Waals surface area contributed by atoms with Crippen molar-refractivity contribution in [1.29, 1.82) is 0 Å². The molecule has 0 saturated carbocycles. The van der Waals surface area contributed by atoms with Crippen LogP contribution in [0.25, 0.3) is 0 Å². The molecule has 2 amide bonds. The van der Waals surface area contributed by atoms with Crippen molar-refractivity contribution in [3.8, 4) is 0 Å². The quantitative estimate of drug-likeness (QED) is 0.897. The Kier molecular flexibility index (Phi) is 4.68. The topological polar surface area (TPSA) is 67.2 Å². The molecule has 3 heterocycles. The van der Waals surface area contributed by atoms with Gasteiger partial charge in [-0.1, -0.05) is 11.6 Å². The van der Waals surface area contributed by atoms with Crippen LogP contribution in [0.1, 0.15) is 30.9 Å². The highest BCUT2D eigenvalue weighted by Crippen LogP contribution is 2.28. The first-order valence-electron chi connectivity index (χ1n) is 8.97. The molecule has 0 bridgehead atoms. The van der Waals surface area contributed by atoms with Gasteiger partial charge in [0.25, 0.3) is 0 Å². The lowest BCUT2D eigenvalue weighted by molar-refractivity contribution is -0.123. The molecule has 1 aromatic heterocycles. The first kappa shape index (κ1) is 17.1. The van der Waals surface area contributed by atoms with E-state index in [0.717, 1.165) is 30.8 Å². The third-order valence-corrected chi connectivity index (χ3v) is 5.45. The van der Waals surface area contributed by atoms with Crippen molar-refractivity contribution in [2.45, 2.75) is 31.7 Å². The van der Waals surface area contributed by atoms with Crippen LogP contribution >= 0.6 is 11.6 Å². The maximum absolute atomic E-state index is 12.6. The zero-order chi connectivity index (χ0) is 18.1. The molecule has 136 valence electrons. The fourth-order valence-electron chi connectivity index (χ4n) is 3.84. The summed E-state index contributed by atoms with van der Waals surface area (Å²) in [5.41, 5.74) is 1.84. The number of rotatable bonds is 4. The minimum absolute atomic E-state index is 0.0313. The number of anilines is 1. The Hall–Kier alpha value is -2.34. The minimum Gasteiger partial charge on any atom is -0.355 e. The van der Waals surface area contributed by atoms with E-state index in [0.29, 0.717) is 24.5 Å². The van der Waals surface area contributed by atoms with Crippen LogP contribution in [0.5, 0.6) is 0 Å². The van der Waals surface area contributed by atoms with Crippen LogP contribution in [0.4, 0.5) is 5.69 Å². The van der Waals surface area contributed by atoms with E-state index in [4.69, 9.17) is 11.6 Å². The smallest absolute Gasteiger partial charge is 0.229 e. The largest absolute Gasteiger partial charge is 0.355 e. The van der Waals surface area contributed by atoms with Gasteiger partial charge < -0.3 is 10.2 Å². The van der Waals surface area contributed by atoms with Gasteiger partial charge in [-0.2, -0.15) is 5.10 Å². The molecular weight excluding hydrogens is 352 g/mol. The van der Waals surface area contributed by atoms with E-state index in [-0.39, 0.29) is 23.7 Å². The molecule has 0 radical (unpaired) electrons. The SMILES string of the molecule is O=C(NCC1CC(=O)N(c2ccc(Cl)cc2)C1)C1CCCn2nccc21. The summed E-state index contributed by atoms with van der Waals surface area (Å²) in [6.07, 6.45) is 4.00. The second-order valence-electron chi connectivity index (χ2n) is 6.97. The van der Waals surface area contributed by atoms with Crippen LogP contribution in [0.2, 0.25) is 5.02 Å². The third-order valence-electron chi connectivity index (χ3n) is 5.19. The van der Waals surface area contributed by atoms with Gasteiger partial charge in [0.1, 0.15) is 0 Å². The summed E-state index contributed by atoms with van der Waals surface area (Å²) in [5, 5.41) is 7.96. The number of benzene rings is 1. The Morgan fingerprint density at radius 2 is 2.08 bits per heavy atom. The molecule has 7 heteroatoms. The average molecular weight is 373 g/mol. The highest BCUT2D eigenvalue weighted by atomic mass is 35.5. The normalized spacial score (nSPS) is 22.3. The standard InChI is InChI=1S/C19H21ClN4O2/c20-14-3-5-15(6-4-14)23-12-13(10-18(23)25)11-21-19(26)16-2-1-9-24-17(16)7-8-22-24/h3-8,13,16H,1-2,9-12H2,(H,21,26). The number of nitrogens with zero attached hydrogens (tertiary/aromatic N) is 3. The van der Waals surface area contributed by atoms with Crippen LogP contribution in [0, 0.1) is 5.92 Å². The fourth-order valence-corrected chi connectivity index (χ4v) is 3.97. The molecule has 4 rings (SSSR count). The number of carbonyl (C=O) groups is 2. The molecule has 6 nitrogen and oxygen atoms in total. The number of fused-ring (bicyclic) bond motifs is 1. The highest BCUT2D eigenvalue weighted by molar-refractivity contribution is 6.30. The fraction of sp³-hybridized carbons (Fsp3) is 0.421. The molecule has 1 N–H and O–H groups in total. The van der Waals surface area contributed by atoms with Gasteiger partial charge in [-0.15, -0.1) is 0 Å². The lowest BCUT2D eigenvalue weighted by Gasteiger charge is -2.23. The average Bonchev–Trinajstić information content (AvgIpc) is 3.26. The van der Waals surface area contributed by atoms with Gasteiger partial charge in [0, 0.05) is 48.9 Å². The molecular formula is C19H21ClN4O2. The maximum atomic E-state index is 12.6. The van der Waals surface area contributed by atoms with E-state index < -0.39 is 0 Å². The number of carbonyl (C=O) groups excluding carboxylic acids is 2. The van der Waals surface area contributed by atoms with Crippen molar-refractivity contribution in [2.24, 2.45) is 5.92 Å². The summed E-state index contributed by atoms with van der Waals surface area (Å²) in [7, 11) is 0. The lowest BCUT2D eigenvalue weighted by atomic mass is 9.95. The van der Waals surface area contributed by atoms with E-state index in [1.807, 2.05) is 22.9 Å². The summed E-state index contributed by atoms with van der Waals surface area (Å²) in [6.45, 7) is 2.00. The summed E-state index contributed by atoms with van der Waals surface area (Å²) in [4.78, 5) is 26.7. The number of hydrogen-bond acceptors (Lipinski definition) is 3. The summed E-state index contributed by atoms with van der Waals surface area (Å²) in [6, 6.07) is 9.19. The number of aryl methyl sites for hydroxylation is 1. The van der Waals surface area contributed by atoms with Crippen molar-refractivity contribution in [3.63, 3.8) is 0 Å². The summed E-state index contributed by atoms with van der Waals surface area (Å²) < 4.78 is 1.91. The van der Waals surface area contributed by atoms with Crippen molar-refractivity contribution in [1.82, 2.24) is 15.1 Å². The van der Waals surface area contributed by atoms with E-state index in [1.165, 1.54) is 0 Å². The number of amides is 2. The number of nitrogens with one attached hydrogen (secondary N) is 1. The Bertz CT molecular complexity index is 817. The predicted octanol–water partition coefficient (Wildman–Crippen LogP) is 2.58. The van der Waals surface area contributed by atoms with Gasteiger partial charge in [-0.3, -0.25) is 14.3 Å². The first-order valence-corrected chi connectivity index (χ1v) is 9.35. The van der Waals surface area contributed by atoms with Crippen LogP contribution in [-0.2, 0) is 16.1 Å². The van der Waals surface area contributed by atoms with Gasteiger partial charge in [-0.25, -0.2) is 0 Å². The van der Waals surface area contributed by atoms with E-state index >= 15 is 0 Å². The van der Waals surface area contributed by atoms with Crippen molar-refractivity contribution in [3.05, 3.63) is 47.2 Å². The van der Waals surface area contributed by atoms with Crippen molar-refractivity contribution >= 4 is 29.1 Å². The molecule has 2 aromatic rings. The van der Waals surface area contributed by atoms with Crippen LogP contribution in [0.15, 0.2) is 36.5 Å². The summed E-state index contributed by atoms with van der Waals surface area (Å²) >= 11 is 5.91. The Morgan fingerprint density at radius 1 is 1.27 bits per heavy atom.